The average molecular weight is 298 g/mol. The van der Waals surface area contributed by atoms with Crippen LogP contribution in [0.2, 0.25) is 10.0 Å². The predicted molar refractivity (Wildman–Crippen MR) is 79.9 cm³/mol. The minimum atomic E-state index is 0.299. The summed E-state index contributed by atoms with van der Waals surface area (Å²) >= 11 is 16.8. The highest BCUT2D eigenvalue weighted by atomic mass is 35.5. The predicted octanol–water partition coefficient (Wildman–Crippen LogP) is 3.77. The topological polar surface area (TPSA) is 50.9 Å². The number of nitrogens with one attached hydrogen (secondary N) is 1. The van der Waals surface area contributed by atoms with Crippen LogP contribution in [0.5, 0.6) is 0 Å². The first-order chi connectivity index (χ1) is 8.56. The van der Waals surface area contributed by atoms with Gasteiger partial charge in [0.2, 0.25) is 0 Å². The molecule has 6 heteroatoms. The lowest BCUT2D eigenvalue weighted by molar-refractivity contribution is 1.31. The molecule has 0 radical (unpaired) electrons. The Morgan fingerprint density at radius 1 is 1.22 bits per heavy atom. The summed E-state index contributed by atoms with van der Waals surface area (Å²) in [5.74, 6) is 0. The van der Waals surface area contributed by atoms with Crippen LogP contribution in [0.15, 0.2) is 36.7 Å². The smallest absolute Gasteiger partial charge is 0.106 e. The Kier molecular flexibility index (Phi) is 4.01. The van der Waals surface area contributed by atoms with E-state index in [1.54, 1.807) is 36.7 Å². The van der Waals surface area contributed by atoms with Gasteiger partial charge in [-0.3, -0.25) is 4.98 Å². The van der Waals surface area contributed by atoms with E-state index in [0.717, 1.165) is 11.3 Å². The molecule has 0 spiro atoms. The number of hydrogen-bond acceptors (Lipinski definition) is 3. The van der Waals surface area contributed by atoms with Gasteiger partial charge < -0.3 is 11.1 Å². The van der Waals surface area contributed by atoms with Crippen LogP contribution >= 0.6 is 35.4 Å². The number of aromatic nitrogens is 1. The number of thiocarbonyl (C=S) groups is 1. The van der Waals surface area contributed by atoms with Crippen LogP contribution < -0.4 is 11.1 Å². The highest BCUT2D eigenvalue weighted by molar-refractivity contribution is 7.80. The van der Waals surface area contributed by atoms with E-state index in [-0.39, 0.29) is 0 Å². The molecule has 2 aromatic rings. The molecular weight excluding hydrogens is 289 g/mol. The second kappa shape index (κ2) is 5.52. The van der Waals surface area contributed by atoms with Crippen molar-refractivity contribution in [3.8, 4) is 0 Å². The van der Waals surface area contributed by atoms with E-state index in [9.17, 15) is 0 Å². The zero-order valence-electron chi connectivity index (χ0n) is 9.15. The molecule has 0 amide bonds. The van der Waals surface area contributed by atoms with Gasteiger partial charge in [0.15, 0.2) is 0 Å². The zero-order valence-corrected chi connectivity index (χ0v) is 11.5. The largest absolute Gasteiger partial charge is 0.389 e. The van der Waals surface area contributed by atoms with E-state index in [2.05, 4.69) is 10.3 Å². The molecule has 2 rings (SSSR count). The first-order valence-corrected chi connectivity index (χ1v) is 6.19. The first-order valence-electron chi connectivity index (χ1n) is 5.03. The molecule has 0 saturated carbocycles. The van der Waals surface area contributed by atoms with Gasteiger partial charge in [-0.15, -0.1) is 0 Å². The number of nitrogens with two attached hydrogens (primary N) is 1. The lowest BCUT2D eigenvalue weighted by atomic mass is 10.2. The van der Waals surface area contributed by atoms with Crippen LogP contribution in [0.4, 0.5) is 11.4 Å². The quantitative estimate of drug-likeness (QED) is 0.847. The van der Waals surface area contributed by atoms with Crippen LogP contribution in [0, 0.1) is 0 Å². The average Bonchev–Trinajstić information content (AvgIpc) is 2.27. The molecular formula is C12H9Cl2N3S. The molecule has 1 aromatic heterocycles. The van der Waals surface area contributed by atoms with Crippen molar-refractivity contribution in [3.63, 3.8) is 0 Å². The van der Waals surface area contributed by atoms with Gasteiger partial charge in [-0.1, -0.05) is 35.4 Å². The molecule has 0 atom stereocenters. The van der Waals surface area contributed by atoms with Crippen molar-refractivity contribution in [1.29, 1.82) is 0 Å². The minimum Gasteiger partial charge on any atom is -0.389 e. The lowest BCUT2D eigenvalue weighted by Gasteiger charge is -2.11. The van der Waals surface area contributed by atoms with Gasteiger partial charge in [-0.2, -0.15) is 0 Å². The van der Waals surface area contributed by atoms with Crippen LogP contribution in [-0.2, 0) is 0 Å². The van der Waals surface area contributed by atoms with Crippen molar-refractivity contribution >= 4 is 51.8 Å². The number of nitrogens with zero attached hydrogens (tertiary/aromatic N) is 1. The van der Waals surface area contributed by atoms with Crippen molar-refractivity contribution in [2.45, 2.75) is 0 Å². The minimum absolute atomic E-state index is 0.299. The van der Waals surface area contributed by atoms with Gasteiger partial charge in [0.05, 0.1) is 11.9 Å². The lowest BCUT2D eigenvalue weighted by Crippen LogP contribution is -2.12. The van der Waals surface area contributed by atoms with Gasteiger partial charge in [-0.05, 0) is 24.3 Å². The summed E-state index contributed by atoms with van der Waals surface area (Å²) in [4.78, 5) is 4.32. The zero-order chi connectivity index (χ0) is 13.1. The molecule has 3 nitrogen and oxygen atoms in total. The van der Waals surface area contributed by atoms with Gasteiger partial charge in [0, 0.05) is 27.5 Å². The summed E-state index contributed by atoms with van der Waals surface area (Å²) in [6.07, 6.45) is 3.27. The van der Waals surface area contributed by atoms with E-state index < -0.39 is 0 Å². The van der Waals surface area contributed by atoms with Crippen molar-refractivity contribution < 1.29 is 0 Å². The van der Waals surface area contributed by atoms with E-state index in [0.29, 0.717) is 20.7 Å². The molecule has 0 saturated heterocycles. The number of halogens is 2. The Balaban J connectivity index is 2.37. The fraction of sp³-hybridized carbons (Fsp3) is 0. The third kappa shape index (κ3) is 3.10. The van der Waals surface area contributed by atoms with Gasteiger partial charge in [-0.25, -0.2) is 0 Å². The van der Waals surface area contributed by atoms with Crippen molar-refractivity contribution in [2.24, 2.45) is 5.73 Å². The summed E-state index contributed by atoms with van der Waals surface area (Å²) < 4.78 is 0. The fourth-order valence-corrected chi connectivity index (χ4v) is 2.19. The number of pyridine rings is 1. The highest BCUT2D eigenvalue weighted by Crippen LogP contribution is 2.26. The molecule has 0 bridgehead atoms. The number of hydrogen-bond donors (Lipinski definition) is 2. The van der Waals surface area contributed by atoms with Crippen LogP contribution in [0.3, 0.4) is 0 Å². The second-order valence-electron chi connectivity index (χ2n) is 3.57. The molecule has 0 aliphatic carbocycles. The third-order valence-corrected chi connectivity index (χ3v) is 2.88. The van der Waals surface area contributed by atoms with Crippen molar-refractivity contribution in [1.82, 2.24) is 4.98 Å². The van der Waals surface area contributed by atoms with E-state index in [1.165, 1.54) is 0 Å². The standard InChI is InChI=1S/C12H9Cl2N3S/c13-7-3-8(14)5-9(4-7)17-11-6-16-2-1-10(11)12(15)18/h1-6,17H,(H2,15,18). The molecule has 0 aliphatic heterocycles. The SMILES string of the molecule is NC(=S)c1ccncc1Nc1cc(Cl)cc(Cl)c1. The number of rotatable bonds is 3. The Bertz CT molecular complexity index is 581. The third-order valence-electron chi connectivity index (χ3n) is 2.23. The monoisotopic (exact) mass is 297 g/mol. The van der Waals surface area contributed by atoms with Crippen LogP contribution in [-0.4, -0.2) is 9.97 Å². The summed E-state index contributed by atoms with van der Waals surface area (Å²) in [6.45, 7) is 0. The highest BCUT2D eigenvalue weighted by Gasteiger charge is 2.06. The molecule has 1 heterocycles. The van der Waals surface area contributed by atoms with Gasteiger partial charge in [0.25, 0.3) is 0 Å². The summed E-state index contributed by atoms with van der Waals surface area (Å²) in [5.41, 5.74) is 7.82. The van der Waals surface area contributed by atoms with Gasteiger partial charge >= 0.3 is 0 Å². The van der Waals surface area contributed by atoms with Crippen LogP contribution in [0.25, 0.3) is 0 Å². The summed E-state index contributed by atoms with van der Waals surface area (Å²) in [5, 5.41) is 4.23. The molecule has 92 valence electrons. The molecule has 0 fully saturated rings. The Morgan fingerprint density at radius 2 is 1.89 bits per heavy atom. The maximum Gasteiger partial charge on any atom is 0.106 e. The maximum absolute atomic E-state index is 5.93. The Hall–Kier alpha value is -1.36. The van der Waals surface area contributed by atoms with E-state index in [4.69, 9.17) is 41.2 Å². The molecule has 0 aliphatic rings. The summed E-state index contributed by atoms with van der Waals surface area (Å²) in [7, 11) is 0. The first kappa shape index (κ1) is 13.1. The normalized spacial score (nSPS) is 10.1. The van der Waals surface area contributed by atoms with E-state index >= 15 is 0 Å². The number of anilines is 2. The Labute approximate surface area is 120 Å². The summed E-state index contributed by atoms with van der Waals surface area (Å²) in [6, 6.07) is 6.91. The second-order valence-corrected chi connectivity index (χ2v) is 4.88. The molecule has 18 heavy (non-hydrogen) atoms. The fourth-order valence-electron chi connectivity index (χ4n) is 1.49. The van der Waals surface area contributed by atoms with E-state index in [1.807, 2.05) is 0 Å². The Morgan fingerprint density at radius 3 is 2.50 bits per heavy atom. The molecule has 1 aromatic carbocycles. The van der Waals surface area contributed by atoms with Gasteiger partial charge in [0.1, 0.15) is 4.99 Å². The molecule has 3 N–H and O–H groups in total. The van der Waals surface area contributed by atoms with Crippen molar-refractivity contribution in [3.05, 3.63) is 52.3 Å². The number of benzene rings is 1. The van der Waals surface area contributed by atoms with Crippen LogP contribution in [0.1, 0.15) is 5.56 Å². The maximum atomic E-state index is 5.93. The molecule has 0 unspecified atom stereocenters. The van der Waals surface area contributed by atoms with Crippen molar-refractivity contribution in [2.75, 3.05) is 5.32 Å².